The van der Waals surface area contributed by atoms with Gasteiger partial charge in [0, 0.05) is 22.8 Å². The Morgan fingerprint density at radius 1 is 1.12 bits per heavy atom. The molecule has 0 fully saturated rings. The molecular weight excluding hydrogens is 308 g/mol. The number of hydrogen-bond acceptors (Lipinski definition) is 4. The van der Waals surface area contributed by atoms with Crippen LogP contribution in [-0.4, -0.2) is 26.5 Å². The minimum atomic E-state index is -0.670. The van der Waals surface area contributed by atoms with E-state index in [1.54, 1.807) is 28.8 Å². The van der Waals surface area contributed by atoms with Crippen molar-refractivity contribution in [1.82, 2.24) is 14.6 Å². The average molecular weight is 324 g/mol. The van der Waals surface area contributed by atoms with E-state index in [1.807, 2.05) is 19.9 Å². The van der Waals surface area contributed by atoms with Crippen LogP contribution < -0.4 is 16.4 Å². The maximum absolute atomic E-state index is 12.5. The van der Waals surface area contributed by atoms with Crippen molar-refractivity contribution in [2.75, 3.05) is 10.6 Å². The van der Waals surface area contributed by atoms with Gasteiger partial charge in [-0.15, -0.1) is 0 Å². The normalized spacial score (nSPS) is 10.6. The molecule has 3 aromatic rings. The summed E-state index contributed by atoms with van der Waals surface area (Å²) in [6.45, 7) is 3.76. The first-order valence-corrected chi connectivity index (χ1v) is 7.24. The van der Waals surface area contributed by atoms with Crippen LogP contribution in [0.25, 0.3) is 5.65 Å². The van der Waals surface area contributed by atoms with Crippen LogP contribution in [0.1, 0.15) is 21.7 Å². The zero-order chi connectivity index (χ0) is 17.3. The number of hydrogen-bond donors (Lipinski definition) is 3. The Kier molecular flexibility index (Phi) is 3.87. The fourth-order valence-corrected chi connectivity index (χ4v) is 2.45. The molecular formula is C16H16N6O2. The first-order chi connectivity index (χ1) is 11.4. The third-order valence-corrected chi connectivity index (χ3v) is 3.41. The lowest BCUT2D eigenvalue weighted by molar-refractivity contribution is 0.102. The number of nitrogens with two attached hydrogens (primary N) is 1. The van der Waals surface area contributed by atoms with E-state index in [0.717, 1.165) is 11.4 Å². The van der Waals surface area contributed by atoms with Gasteiger partial charge in [-0.1, -0.05) is 6.07 Å². The molecule has 0 aliphatic heterocycles. The lowest BCUT2D eigenvalue weighted by Gasteiger charge is -2.07. The molecule has 4 N–H and O–H groups in total. The highest BCUT2D eigenvalue weighted by Crippen LogP contribution is 2.18. The lowest BCUT2D eigenvalue weighted by Crippen LogP contribution is -2.19. The van der Waals surface area contributed by atoms with E-state index in [2.05, 4.69) is 20.7 Å². The molecule has 8 nitrogen and oxygen atoms in total. The second kappa shape index (κ2) is 5.99. The number of carbonyl (C=O) groups is 2. The van der Waals surface area contributed by atoms with Gasteiger partial charge in [-0.25, -0.2) is 14.3 Å². The van der Waals surface area contributed by atoms with Crippen LogP contribution in [-0.2, 0) is 0 Å². The highest BCUT2D eigenvalue weighted by atomic mass is 16.2. The number of rotatable bonds is 3. The van der Waals surface area contributed by atoms with Gasteiger partial charge in [0.15, 0.2) is 5.65 Å². The van der Waals surface area contributed by atoms with Gasteiger partial charge in [-0.05, 0) is 38.1 Å². The SMILES string of the molecule is Cc1cc(C)n2ncc(C(=O)Nc3cccc(NC(N)=O)c3)c2n1. The molecule has 0 saturated heterocycles. The first-order valence-electron chi connectivity index (χ1n) is 7.24. The van der Waals surface area contributed by atoms with Crippen LogP contribution in [0, 0.1) is 13.8 Å². The Hall–Kier alpha value is -3.42. The van der Waals surface area contributed by atoms with Gasteiger partial charge in [0.25, 0.3) is 5.91 Å². The number of amides is 3. The molecule has 0 saturated carbocycles. The fraction of sp³-hybridized carbons (Fsp3) is 0.125. The molecule has 0 aliphatic rings. The summed E-state index contributed by atoms with van der Waals surface area (Å²) in [5, 5.41) is 9.42. The van der Waals surface area contributed by atoms with E-state index < -0.39 is 6.03 Å². The zero-order valence-corrected chi connectivity index (χ0v) is 13.2. The number of aromatic nitrogens is 3. The molecule has 2 heterocycles. The third-order valence-electron chi connectivity index (χ3n) is 3.41. The summed E-state index contributed by atoms with van der Waals surface area (Å²) in [6.07, 6.45) is 1.48. The minimum absolute atomic E-state index is 0.335. The van der Waals surface area contributed by atoms with Crippen LogP contribution in [0.2, 0.25) is 0 Å². The van der Waals surface area contributed by atoms with Gasteiger partial charge >= 0.3 is 6.03 Å². The molecule has 8 heteroatoms. The van der Waals surface area contributed by atoms with E-state index in [-0.39, 0.29) is 5.91 Å². The smallest absolute Gasteiger partial charge is 0.316 e. The highest BCUT2D eigenvalue weighted by Gasteiger charge is 2.15. The summed E-state index contributed by atoms with van der Waals surface area (Å²) in [5.41, 5.74) is 8.67. The van der Waals surface area contributed by atoms with Crippen molar-refractivity contribution in [2.24, 2.45) is 5.73 Å². The van der Waals surface area contributed by atoms with Crippen molar-refractivity contribution >= 4 is 29.0 Å². The van der Waals surface area contributed by atoms with E-state index in [9.17, 15) is 9.59 Å². The maximum atomic E-state index is 12.5. The molecule has 0 atom stereocenters. The van der Waals surface area contributed by atoms with Gasteiger partial charge in [0.05, 0.1) is 6.20 Å². The highest BCUT2D eigenvalue weighted by molar-refractivity contribution is 6.08. The molecule has 0 bridgehead atoms. The Bertz CT molecular complexity index is 947. The second-order valence-corrected chi connectivity index (χ2v) is 5.36. The van der Waals surface area contributed by atoms with Crippen LogP contribution in [0.4, 0.5) is 16.2 Å². The number of carbonyl (C=O) groups excluding carboxylic acids is 2. The number of fused-ring (bicyclic) bond motifs is 1. The molecule has 1 aromatic carbocycles. The van der Waals surface area contributed by atoms with E-state index in [4.69, 9.17) is 5.73 Å². The van der Waals surface area contributed by atoms with Crippen LogP contribution in [0.15, 0.2) is 36.5 Å². The average Bonchev–Trinajstić information content (AvgIpc) is 2.91. The van der Waals surface area contributed by atoms with Crippen molar-refractivity contribution in [2.45, 2.75) is 13.8 Å². The molecule has 122 valence electrons. The van der Waals surface area contributed by atoms with Crippen LogP contribution in [0.5, 0.6) is 0 Å². The zero-order valence-electron chi connectivity index (χ0n) is 13.2. The van der Waals surface area contributed by atoms with Crippen LogP contribution in [0.3, 0.4) is 0 Å². The Balaban J connectivity index is 1.89. The van der Waals surface area contributed by atoms with Gasteiger partial charge in [-0.3, -0.25) is 4.79 Å². The van der Waals surface area contributed by atoms with Crippen molar-refractivity contribution in [3.8, 4) is 0 Å². The summed E-state index contributed by atoms with van der Waals surface area (Å²) < 4.78 is 1.62. The Morgan fingerprint density at radius 2 is 1.83 bits per heavy atom. The summed E-state index contributed by atoms with van der Waals surface area (Å²) in [6, 6.07) is 7.91. The van der Waals surface area contributed by atoms with E-state index in [0.29, 0.717) is 22.6 Å². The minimum Gasteiger partial charge on any atom is -0.351 e. The van der Waals surface area contributed by atoms with E-state index >= 15 is 0 Å². The molecule has 0 unspecified atom stereocenters. The summed E-state index contributed by atoms with van der Waals surface area (Å²) >= 11 is 0. The largest absolute Gasteiger partial charge is 0.351 e. The summed E-state index contributed by atoms with van der Waals surface area (Å²) in [4.78, 5) is 27.8. The molecule has 2 aromatic heterocycles. The quantitative estimate of drug-likeness (QED) is 0.684. The monoisotopic (exact) mass is 324 g/mol. The molecule has 0 aliphatic carbocycles. The number of nitrogens with one attached hydrogen (secondary N) is 2. The lowest BCUT2D eigenvalue weighted by atomic mass is 10.2. The second-order valence-electron chi connectivity index (χ2n) is 5.36. The maximum Gasteiger partial charge on any atom is 0.316 e. The van der Waals surface area contributed by atoms with Crippen molar-refractivity contribution < 1.29 is 9.59 Å². The van der Waals surface area contributed by atoms with E-state index in [1.165, 1.54) is 6.20 Å². The topological polar surface area (TPSA) is 114 Å². The molecule has 3 rings (SSSR count). The molecule has 0 radical (unpaired) electrons. The number of aryl methyl sites for hydroxylation is 2. The fourth-order valence-electron chi connectivity index (χ4n) is 2.45. The predicted octanol–water partition coefficient (Wildman–Crippen LogP) is 2.09. The van der Waals surface area contributed by atoms with Gasteiger partial charge in [0.2, 0.25) is 0 Å². The number of anilines is 2. The summed E-state index contributed by atoms with van der Waals surface area (Å²) in [5.74, 6) is -0.335. The molecule has 0 spiro atoms. The number of benzene rings is 1. The number of urea groups is 1. The standard InChI is InChI=1S/C16H16N6O2/c1-9-6-10(2)22-14(19-9)13(8-18-22)15(23)20-11-4-3-5-12(7-11)21-16(17)24/h3-8H,1-2H3,(H,20,23)(H3,17,21,24). The third kappa shape index (κ3) is 3.02. The van der Waals surface area contributed by atoms with Crippen molar-refractivity contribution in [1.29, 1.82) is 0 Å². The Labute approximate surface area is 137 Å². The number of primary amides is 1. The Morgan fingerprint density at radius 3 is 2.54 bits per heavy atom. The van der Waals surface area contributed by atoms with Crippen LogP contribution >= 0.6 is 0 Å². The van der Waals surface area contributed by atoms with Crippen molar-refractivity contribution in [3.05, 3.63) is 53.5 Å². The predicted molar refractivity (Wildman–Crippen MR) is 90.1 cm³/mol. The molecule has 3 amide bonds. The van der Waals surface area contributed by atoms with Gasteiger partial charge < -0.3 is 16.4 Å². The van der Waals surface area contributed by atoms with Gasteiger partial charge in [-0.2, -0.15) is 5.10 Å². The van der Waals surface area contributed by atoms with Gasteiger partial charge in [0.1, 0.15) is 5.56 Å². The molecule has 24 heavy (non-hydrogen) atoms. The number of nitrogens with zero attached hydrogens (tertiary/aromatic N) is 3. The van der Waals surface area contributed by atoms with Crippen molar-refractivity contribution in [3.63, 3.8) is 0 Å². The summed E-state index contributed by atoms with van der Waals surface area (Å²) in [7, 11) is 0. The first kappa shape index (κ1) is 15.5.